The van der Waals surface area contributed by atoms with Crippen LogP contribution in [0.15, 0.2) is 36.4 Å². The monoisotopic (exact) mass is 452 g/mol. The van der Waals surface area contributed by atoms with E-state index in [1.807, 2.05) is 50.2 Å². The molecule has 3 aromatic rings. The highest BCUT2D eigenvalue weighted by atomic mass is 35.5. The Hall–Kier alpha value is -2.22. The molecule has 0 amide bonds. The van der Waals surface area contributed by atoms with E-state index < -0.39 is 0 Å². The normalized spacial score (nSPS) is 10.8. The van der Waals surface area contributed by atoms with Crippen LogP contribution < -0.4 is 14.9 Å². The molecule has 3 rings (SSSR count). The molecular weight excluding hydrogens is 431 g/mol. The molecule has 2 N–H and O–H groups in total. The van der Waals surface area contributed by atoms with E-state index in [9.17, 15) is 0 Å². The van der Waals surface area contributed by atoms with Gasteiger partial charge in [-0.3, -0.25) is 5.10 Å². The number of nitrogens with zero attached hydrogens (tertiary/aromatic N) is 2. The van der Waals surface area contributed by atoms with Crippen LogP contribution in [0, 0.1) is 4.77 Å². The highest BCUT2D eigenvalue weighted by molar-refractivity contribution is 7.71. The van der Waals surface area contributed by atoms with Gasteiger partial charge >= 0.3 is 0 Å². The fourth-order valence-electron chi connectivity index (χ4n) is 2.81. The van der Waals surface area contributed by atoms with Gasteiger partial charge in [-0.15, -0.1) is 0 Å². The van der Waals surface area contributed by atoms with E-state index in [1.165, 1.54) is 0 Å². The highest BCUT2D eigenvalue weighted by Gasteiger charge is 2.14. The number of nitrogens with one attached hydrogen (secondary N) is 2. The first-order valence-corrected chi connectivity index (χ1v) is 10.4. The van der Waals surface area contributed by atoms with E-state index in [4.69, 9.17) is 44.9 Å². The molecule has 0 unspecified atom stereocenters. The molecule has 154 valence electrons. The quantitative estimate of drug-likeness (QED) is 0.417. The largest absolute Gasteiger partial charge is 0.490 e. The lowest BCUT2D eigenvalue weighted by Crippen LogP contribution is -2.17. The molecule has 0 saturated heterocycles. The fourth-order valence-corrected chi connectivity index (χ4v) is 3.53. The number of H-pyrrole nitrogens is 1. The average molecular weight is 453 g/mol. The first-order chi connectivity index (χ1) is 14.0. The summed E-state index contributed by atoms with van der Waals surface area (Å²) in [6.45, 7) is 5.25. The minimum absolute atomic E-state index is 0.335. The Balaban J connectivity index is 1.78. The molecular formula is C20H22Cl2N4O2S. The van der Waals surface area contributed by atoms with Crippen molar-refractivity contribution >= 4 is 35.4 Å². The molecule has 9 heteroatoms. The van der Waals surface area contributed by atoms with Crippen molar-refractivity contribution in [1.82, 2.24) is 14.9 Å². The van der Waals surface area contributed by atoms with Gasteiger partial charge in [0.1, 0.15) is 6.61 Å². The number of hydrogen-bond donors (Lipinski definition) is 2. The van der Waals surface area contributed by atoms with Gasteiger partial charge < -0.3 is 14.9 Å². The van der Waals surface area contributed by atoms with Gasteiger partial charge in [-0.1, -0.05) is 42.3 Å². The lowest BCUT2D eigenvalue weighted by molar-refractivity contribution is 0.269. The molecule has 0 radical (unpaired) electrons. The lowest BCUT2D eigenvalue weighted by atomic mass is 10.2. The molecule has 0 saturated carbocycles. The third kappa shape index (κ3) is 5.44. The number of aromatic amines is 1. The molecule has 0 spiro atoms. The van der Waals surface area contributed by atoms with Gasteiger partial charge in [0.2, 0.25) is 4.77 Å². The summed E-state index contributed by atoms with van der Waals surface area (Å²) in [5.74, 6) is 1.92. The molecule has 0 aliphatic heterocycles. The fraction of sp³-hybridized carbons (Fsp3) is 0.300. The number of halogens is 2. The van der Waals surface area contributed by atoms with Crippen LogP contribution in [-0.4, -0.2) is 21.5 Å². The average Bonchev–Trinajstić information content (AvgIpc) is 3.05. The number of rotatable bonds is 9. The van der Waals surface area contributed by atoms with Crippen molar-refractivity contribution in [1.29, 1.82) is 0 Å². The maximum absolute atomic E-state index is 6.51. The minimum Gasteiger partial charge on any atom is -0.490 e. The molecule has 0 bridgehead atoms. The summed E-state index contributed by atoms with van der Waals surface area (Å²) < 4.78 is 14.0. The number of aromatic nitrogens is 3. The summed E-state index contributed by atoms with van der Waals surface area (Å²) in [4.78, 5) is 0. The van der Waals surface area contributed by atoms with Crippen LogP contribution in [0.25, 0.3) is 0 Å². The summed E-state index contributed by atoms with van der Waals surface area (Å²) in [6.07, 6.45) is 0.751. The zero-order valence-electron chi connectivity index (χ0n) is 16.2. The van der Waals surface area contributed by atoms with Crippen molar-refractivity contribution in [2.75, 3.05) is 12.0 Å². The Bertz CT molecular complexity index is 1040. The number of hydrogen-bond acceptors (Lipinski definition) is 5. The standard InChI is InChI=1S/C20H22Cl2N4O2S/c1-3-18-24-25-20(29)26(18)23-11-14-9-16(22)19(17(10-14)27-4-2)28-12-13-6-5-7-15(21)8-13/h5-10,23H,3-4,11-12H2,1-2H3,(H,25,29). The first kappa shape index (κ1) is 21.5. The summed E-state index contributed by atoms with van der Waals surface area (Å²) in [5.41, 5.74) is 5.13. The van der Waals surface area contributed by atoms with Crippen molar-refractivity contribution < 1.29 is 9.47 Å². The van der Waals surface area contributed by atoms with Gasteiger partial charge in [-0.2, -0.15) is 5.10 Å². The second kappa shape index (κ2) is 10.0. The van der Waals surface area contributed by atoms with E-state index in [1.54, 1.807) is 4.68 Å². The van der Waals surface area contributed by atoms with Crippen molar-refractivity contribution in [3.8, 4) is 11.5 Å². The van der Waals surface area contributed by atoms with Crippen molar-refractivity contribution in [2.24, 2.45) is 0 Å². The van der Waals surface area contributed by atoms with Gasteiger partial charge in [0.15, 0.2) is 17.3 Å². The molecule has 0 fully saturated rings. The van der Waals surface area contributed by atoms with Crippen LogP contribution >= 0.6 is 35.4 Å². The zero-order valence-corrected chi connectivity index (χ0v) is 18.5. The van der Waals surface area contributed by atoms with Crippen molar-refractivity contribution in [3.63, 3.8) is 0 Å². The van der Waals surface area contributed by atoms with Crippen LogP contribution in [0.4, 0.5) is 0 Å². The van der Waals surface area contributed by atoms with E-state index in [-0.39, 0.29) is 0 Å². The van der Waals surface area contributed by atoms with E-state index in [0.717, 1.165) is 23.4 Å². The Kier molecular flexibility index (Phi) is 7.41. The van der Waals surface area contributed by atoms with E-state index >= 15 is 0 Å². The van der Waals surface area contributed by atoms with Gasteiger partial charge in [-0.05, 0) is 54.5 Å². The maximum Gasteiger partial charge on any atom is 0.214 e. The number of ether oxygens (including phenoxy) is 2. The topological polar surface area (TPSA) is 64.1 Å². The van der Waals surface area contributed by atoms with Crippen LogP contribution in [0.2, 0.25) is 10.0 Å². The smallest absolute Gasteiger partial charge is 0.214 e. The molecule has 2 aromatic carbocycles. The van der Waals surface area contributed by atoms with Crippen LogP contribution in [-0.2, 0) is 19.6 Å². The molecule has 0 aliphatic carbocycles. The Morgan fingerprint density at radius 2 is 1.97 bits per heavy atom. The highest BCUT2D eigenvalue weighted by Crippen LogP contribution is 2.37. The Morgan fingerprint density at radius 3 is 2.69 bits per heavy atom. The van der Waals surface area contributed by atoms with Gasteiger partial charge in [0.25, 0.3) is 0 Å². The van der Waals surface area contributed by atoms with Crippen molar-refractivity contribution in [2.45, 2.75) is 33.4 Å². The predicted molar refractivity (Wildman–Crippen MR) is 118 cm³/mol. The Labute approximate surface area is 184 Å². The van der Waals surface area contributed by atoms with E-state index in [0.29, 0.717) is 46.1 Å². The van der Waals surface area contributed by atoms with Crippen LogP contribution in [0.1, 0.15) is 30.8 Å². The lowest BCUT2D eigenvalue weighted by Gasteiger charge is -2.16. The van der Waals surface area contributed by atoms with Crippen LogP contribution in [0.3, 0.4) is 0 Å². The molecule has 1 aromatic heterocycles. The summed E-state index contributed by atoms with van der Waals surface area (Å²) in [6, 6.07) is 11.3. The van der Waals surface area contributed by atoms with Crippen LogP contribution in [0.5, 0.6) is 11.5 Å². The number of benzene rings is 2. The molecule has 0 aliphatic rings. The molecule has 29 heavy (non-hydrogen) atoms. The summed E-state index contributed by atoms with van der Waals surface area (Å²) in [5, 5.41) is 8.11. The molecule has 1 heterocycles. The maximum atomic E-state index is 6.51. The third-order valence-corrected chi connectivity index (χ3v) is 4.93. The van der Waals surface area contributed by atoms with Gasteiger partial charge in [0, 0.05) is 11.4 Å². The SMILES string of the molecule is CCOc1cc(CNn2c(CC)n[nH]c2=S)cc(Cl)c1OCc1cccc(Cl)c1. The van der Waals surface area contributed by atoms with Gasteiger partial charge in [0.05, 0.1) is 18.2 Å². The van der Waals surface area contributed by atoms with E-state index in [2.05, 4.69) is 15.6 Å². The number of aryl methyl sites for hydroxylation is 1. The predicted octanol–water partition coefficient (Wildman–Crippen LogP) is 5.53. The summed E-state index contributed by atoms with van der Waals surface area (Å²) in [7, 11) is 0. The zero-order chi connectivity index (χ0) is 20.8. The Morgan fingerprint density at radius 1 is 1.14 bits per heavy atom. The molecule has 0 atom stereocenters. The third-order valence-electron chi connectivity index (χ3n) is 4.14. The minimum atomic E-state index is 0.335. The molecule has 6 nitrogen and oxygen atoms in total. The first-order valence-electron chi connectivity index (χ1n) is 9.24. The van der Waals surface area contributed by atoms with Gasteiger partial charge in [-0.25, -0.2) is 4.68 Å². The summed E-state index contributed by atoms with van der Waals surface area (Å²) >= 11 is 17.8. The second-order valence-electron chi connectivity index (χ2n) is 6.23. The second-order valence-corrected chi connectivity index (χ2v) is 7.46. The van der Waals surface area contributed by atoms with Crippen molar-refractivity contribution in [3.05, 3.63) is 68.2 Å².